The number of hydrogen-bond acceptors (Lipinski definition) is 4. The van der Waals surface area contributed by atoms with E-state index in [2.05, 4.69) is 25.7 Å². The number of nitrogens with one attached hydrogen (secondary N) is 3. The number of nitrogens with zero attached hydrogens (tertiary/aromatic N) is 2. The number of thiophene rings is 1. The molecule has 0 saturated carbocycles. The largest absolute Gasteiger partial charge is 0.339 e. The molecular formula is C30H31N5O2S. The highest BCUT2D eigenvalue weighted by molar-refractivity contribution is 7.15. The van der Waals surface area contributed by atoms with Crippen LogP contribution >= 0.6 is 11.3 Å². The SMILES string of the molecule is Cc1ccc(NC(=O)c2c(-n3c(C)cc(/C=N/NC(=O)Nc4ccccc4)c3C)sc3c2CCCC3)cc1. The van der Waals surface area contributed by atoms with E-state index in [-0.39, 0.29) is 5.91 Å². The Morgan fingerprint density at radius 2 is 1.63 bits per heavy atom. The zero-order valence-electron chi connectivity index (χ0n) is 21.8. The highest BCUT2D eigenvalue weighted by Crippen LogP contribution is 2.39. The molecule has 2 aromatic heterocycles. The highest BCUT2D eigenvalue weighted by atomic mass is 32.1. The minimum Gasteiger partial charge on any atom is -0.322 e. The van der Waals surface area contributed by atoms with Crippen LogP contribution in [0.5, 0.6) is 0 Å². The van der Waals surface area contributed by atoms with Gasteiger partial charge in [-0.15, -0.1) is 11.3 Å². The summed E-state index contributed by atoms with van der Waals surface area (Å²) in [6.45, 7) is 6.07. The number of carbonyl (C=O) groups is 2. The maximum Gasteiger partial charge on any atom is 0.339 e. The Bertz CT molecular complexity index is 1500. The Hall–Kier alpha value is -4.17. The average molecular weight is 526 g/mol. The Labute approximate surface area is 226 Å². The van der Waals surface area contributed by atoms with Crippen LogP contribution in [-0.2, 0) is 12.8 Å². The first-order valence-electron chi connectivity index (χ1n) is 12.8. The molecule has 4 aromatic rings. The molecule has 194 valence electrons. The third-order valence-corrected chi connectivity index (χ3v) is 8.04. The molecule has 0 atom stereocenters. The number of urea groups is 1. The van der Waals surface area contributed by atoms with E-state index >= 15 is 0 Å². The van der Waals surface area contributed by atoms with Gasteiger partial charge in [0.1, 0.15) is 5.00 Å². The van der Waals surface area contributed by atoms with Gasteiger partial charge in [0.05, 0.1) is 11.8 Å². The molecule has 0 spiro atoms. The number of aromatic nitrogens is 1. The van der Waals surface area contributed by atoms with Crippen molar-refractivity contribution < 1.29 is 9.59 Å². The van der Waals surface area contributed by atoms with Gasteiger partial charge in [0.25, 0.3) is 5.91 Å². The van der Waals surface area contributed by atoms with Crippen molar-refractivity contribution in [3.8, 4) is 5.00 Å². The number of amides is 3. The molecule has 0 unspecified atom stereocenters. The molecule has 5 rings (SSSR count). The van der Waals surface area contributed by atoms with Gasteiger partial charge >= 0.3 is 6.03 Å². The van der Waals surface area contributed by atoms with Gasteiger partial charge in [-0.1, -0.05) is 35.9 Å². The average Bonchev–Trinajstić information content (AvgIpc) is 3.42. The second-order valence-electron chi connectivity index (χ2n) is 9.56. The van der Waals surface area contributed by atoms with Crippen LogP contribution in [0.2, 0.25) is 0 Å². The van der Waals surface area contributed by atoms with Gasteiger partial charge < -0.3 is 15.2 Å². The summed E-state index contributed by atoms with van der Waals surface area (Å²) < 4.78 is 2.14. The lowest BCUT2D eigenvalue weighted by atomic mass is 9.95. The fraction of sp³-hybridized carbons (Fsp3) is 0.233. The van der Waals surface area contributed by atoms with E-state index < -0.39 is 6.03 Å². The van der Waals surface area contributed by atoms with Crippen molar-refractivity contribution in [3.05, 3.63) is 99.2 Å². The molecule has 1 aliphatic rings. The van der Waals surface area contributed by atoms with Gasteiger partial charge in [0.2, 0.25) is 0 Å². The molecule has 0 bridgehead atoms. The second kappa shape index (κ2) is 11.1. The third kappa shape index (κ3) is 5.40. The van der Waals surface area contributed by atoms with Gasteiger partial charge in [0.15, 0.2) is 0 Å². The quantitative estimate of drug-likeness (QED) is 0.192. The molecule has 0 fully saturated rings. The smallest absolute Gasteiger partial charge is 0.322 e. The molecule has 1 aliphatic carbocycles. The zero-order valence-corrected chi connectivity index (χ0v) is 22.6. The van der Waals surface area contributed by atoms with Crippen LogP contribution < -0.4 is 16.1 Å². The van der Waals surface area contributed by atoms with E-state index in [9.17, 15) is 9.59 Å². The number of rotatable bonds is 6. The van der Waals surface area contributed by atoms with E-state index in [4.69, 9.17) is 0 Å². The van der Waals surface area contributed by atoms with Crippen molar-refractivity contribution >= 4 is 40.9 Å². The van der Waals surface area contributed by atoms with Crippen LogP contribution in [0.4, 0.5) is 16.2 Å². The lowest BCUT2D eigenvalue weighted by molar-refractivity contribution is 0.102. The summed E-state index contributed by atoms with van der Waals surface area (Å²) in [6, 6.07) is 18.7. The van der Waals surface area contributed by atoms with E-state index in [0.29, 0.717) is 5.69 Å². The number of hydrazone groups is 1. The number of benzene rings is 2. The summed E-state index contributed by atoms with van der Waals surface area (Å²) in [6.07, 6.45) is 5.79. The fourth-order valence-corrected chi connectivity index (χ4v) is 6.34. The molecule has 2 aromatic carbocycles. The molecule has 0 radical (unpaired) electrons. The van der Waals surface area contributed by atoms with E-state index in [1.807, 2.05) is 81.4 Å². The van der Waals surface area contributed by atoms with Crippen LogP contribution in [0, 0.1) is 20.8 Å². The summed E-state index contributed by atoms with van der Waals surface area (Å²) >= 11 is 1.71. The van der Waals surface area contributed by atoms with Crippen molar-refractivity contribution in [2.75, 3.05) is 10.6 Å². The number of hydrogen-bond donors (Lipinski definition) is 3. The number of para-hydroxylation sites is 1. The predicted molar refractivity (Wildman–Crippen MR) is 155 cm³/mol. The van der Waals surface area contributed by atoms with Crippen molar-refractivity contribution in [2.24, 2.45) is 5.10 Å². The van der Waals surface area contributed by atoms with Crippen molar-refractivity contribution in [3.63, 3.8) is 0 Å². The van der Waals surface area contributed by atoms with Crippen molar-refractivity contribution in [1.82, 2.24) is 9.99 Å². The van der Waals surface area contributed by atoms with E-state index in [1.54, 1.807) is 17.6 Å². The molecule has 7 nitrogen and oxygen atoms in total. The molecule has 38 heavy (non-hydrogen) atoms. The van der Waals surface area contributed by atoms with Crippen molar-refractivity contribution in [2.45, 2.75) is 46.5 Å². The van der Waals surface area contributed by atoms with Gasteiger partial charge in [-0.05, 0) is 82.3 Å². The molecule has 8 heteroatoms. The minimum atomic E-state index is -0.415. The summed E-state index contributed by atoms with van der Waals surface area (Å²) in [5.74, 6) is -0.0785. The van der Waals surface area contributed by atoms with Crippen LogP contribution in [0.15, 0.2) is 65.8 Å². The summed E-state index contributed by atoms with van der Waals surface area (Å²) in [4.78, 5) is 27.1. The number of anilines is 2. The number of aryl methyl sites for hydroxylation is 3. The lowest BCUT2D eigenvalue weighted by Crippen LogP contribution is -2.24. The van der Waals surface area contributed by atoms with Crippen LogP contribution in [-0.4, -0.2) is 22.7 Å². The lowest BCUT2D eigenvalue weighted by Gasteiger charge is -2.14. The molecular weight excluding hydrogens is 494 g/mol. The first kappa shape index (κ1) is 25.5. The van der Waals surface area contributed by atoms with Gasteiger partial charge in [0, 0.05) is 33.2 Å². The van der Waals surface area contributed by atoms with Gasteiger partial charge in [-0.25, -0.2) is 10.2 Å². The second-order valence-corrected chi connectivity index (χ2v) is 10.6. The Morgan fingerprint density at radius 3 is 2.39 bits per heavy atom. The highest BCUT2D eigenvalue weighted by Gasteiger charge is 2.28. The zero-order chi connectivity index (χ0) is 26.6. The number of fused-ring (bicyclic) bond motifs is 1. The van der Waals surface area contributed by atoms with Crippen LogP contribution in [0.1, 0.15) is 56.2 Å². The predicted octanol–water partition coefficient (Wildman–Crippen LogP) is 6.75. The van der Waals surface area contributed by atoms with Crippen LogP contribution in [0.25, 0.3) is 5.00 Å². The maximum absolute atomic E-state index is 13.7. The van der Waals surface area contributed by atoms with Crippen molar-refractivity contribution in [1.29, 1.82) is 0 Å². The molecule has 2 heterocycles. The first-order chi connectivity index (χ1) is 18.4. The summed E-state index contributed by atoms with van der Waals surface area (Å²) in [7, 11) is 0. The molecule has 0 aliphatic heterocycles. The Kier molecular flexibility index (Phi) is 7.42. The first-order valence-corrected chi connectivity index (χ1v) is 13.6. The van der Waals surface area contributed by atoms with Crippen LogP contribution in [0.3, 0.4) is 0 Å². The number of carbonyl (C=O) groups excluding carboxylic acids is 2. The fourth-order valence-electron chi connectivity index (χ4n) is 4.85. The Morgan fingerprint density at radius 1 is 0.921 bits per heavy atom. The van der Waals surface area contributed by atoms with E-state index in [0.717, 1.165) is 64.4 Å². The molecule has 3 N–H and O–H groups in total. The minimum absolute atomic E-state index is 0.0785. The third-order valence-electron chi connectivity index (χ3n) is 6.76. The maximum atomic E-state index is 13.7. The summed E-state index contributed by atoms with van der Waals surface area (Å²) in [5.41, 5.74) is 9.91. The molecule has 3 amide bonds. The Balaban J connectivity index is 1.42. The molecule has 0 saturated heterocycles. The van der Waals surface area contributed by atoms with Gasteiger partial charge in [-0.2, -0.15) is 5.10 Å². The summed E-state index contributed by atoms with van der Waals surface area (Å²) in [5, 5.41) is 11.0. The topological polar surface area (TPSA) is 87.5 Å². The normalized spacial score (nSPS) is 12.8. The van der Waals surface area contributed by atoms with Gasteiger partial charge in [-0.3, -0.25) is 4.79 Å². The van der Waals surface area contributed by atoms with E-state index in [1.165, 1.54) is 10.4 Å². The standard InChI is InChI=1S/C30H31N5O2S/c1-19-13-15-24(16-14-19)32-28(36)27-25-11-7-8-12-26(25)38-29(27)35-20(2)17-22(21(35)3)18-31-34-30(37)33-23-9-5-4-6-10-23/h4-6,9-10,13-18H,7-8,11-12H2,1-3H3,(H,32,36)(H2,33,34,37)/b31-18+. The monoisotopic (exact) mass is 525 g/mol.